The van der Waals surface area contributed by atoms with E-state index in [0.29, 0.717) is 0 Å². The molecule has 2 atom stereocenters. The average molecular weight is 166 g/mol. The third-order valence-corrected chi connectivity index (χ3v) is 4.24. The molecule has 1 rings (SSSR count). The van der Waals surface area contributed by atoms with Crippen molar-refractivity contribution >= 4 is 13.8 Å². The number of rotatable bonds is 0. The number of hydrogen-bond acceptors (Lipinski definition) is 2. The molecule has 1 saturated heterocycles. The molecule has 0 bridgehead atoms. The molecule has 2 nitrogen and oxygen atoms in total. The van der Waals surface area contributed by atoms with Gasteiger partial charge in [-0.3, -0.25) is 0 Å². The van der Waals surface area contributed by atoms with Gasteiger partial charge in [-0.15, -0.1) is 0 Å². The van der Waals surface area contributed by atoms with Crippen LogP contribution in [0.1, 0.15) is 6.42 Å². The van der Waals surface area contributed by atoms with E-state index >= 15 is 0 Å². The standard InChI is InChI=1S/C4H9NOSe/c5-4-1-2-7(6)3-4/h4H,1-3,5H2/t4-,7?/m0/s1. The van der Waals surface area contributed by atoms with Crippen molar-refractivity contribution in [2.75, 3.05) is 0 Å². The predicted octanol–water partition coefficient (Wildman–Crippen LogP) is 0.139. The summed E-state index contributed by atoms with van der Waals surface area (Å²) in [4.78, 5) is 0. The molecule has 1 fully saturated rings. The Morgan fingerprint density at radius 3 is 2.57 bits per heavy atom. The second kappa shape index (κ2) is 2.03. The summed E-state index contributed by atoms with van der Waals surface area (Å²) in [5, 5.41) is 1.74. The Balaban J connectivity index is 2.40. The fourth-order valence-electron chi connectivity index (χ4n) is 0.688. The van der Waals surface area contributed by atoms with Crippen molar-refractivity contribution < 1.29 is 3.83 Å². The second-order valence-corrected chi connectivity index (χ2v) is 5.26. The molecule has 0 aliphatic carbocycles. The molecule has 0 aromatic carbocycles. The van der Waals surface area contributed by atoms with Crippen molar-refractivity contribution in [1.82, 2.24) is 0 Å². The Labute approximate surface area is 47.2 Å². The van der Waals surface area contributed by atoms with Gasteiger partial charge in [0.1, 0.15) is 0 Å². The molecule has 0 amide bonds. The van der Waals surface area contributed by atoms with Crippen molar-refractivity contribution in [3.05, 3.63) is 0 Å². The first-order valence-electron chi connectivity index (χ1n) is 2.39. The first-order chi connectivity index (χ1) is 3.29. The molecule has 1 aliphatic heterocycles. The Bertz CT molecular complexity index is 93.7. The zero-order valence-electron chi connectivity index (χ0n) is 4.09. The first-order valence-corrected chi connectivity index (χ1v) is 5.52. The summed E-state index contributed by atoms with van der Waals surface area (Å²) in [5.41, 5.74) is 5.46. The maximum atomic E-state index is 10.6. The summed E-state index contributed by atoms with van der Waals surface area (Å²) >= 11 is -1.37. The molecule has 1 unspecified atom stereocenters. The number of hydrogen-bond donors (Lipinski definition) is 1. The predicted molar refractivity (Wildman–Crippen MR) is 28.6 cm³/mol. The van der Waals surface area contributed by atoms with Crippen molar-refractivity contribution in [2.24, 2.45) is 5.73 Å². The summed E-state index contributed by atoms with van der Waals surface area (Å²) in [5.74, 6) is 0. The van der Waals surface area contributed by atoms with Gasteiger partial charge in [0.05, 0.1) is 0 Å². The average Bonchev–Trinajstić information content (AvgIpc) is 1.87. The molecule has 0 aromatic rings. The van der Waals surface area contributed by atoms with E-state index in [9.17, 15) is 3.83 Å². The van der Waals surface area contributed by atoms with Crippen LogP contribution < -0.4 is 5.73 Å². The Morgan fingerprint density at radius 2 is 2.43 bits per heavy atom. The zero-order chi connectivity index (χ0) is 5.28. The third-order valence-electron chi connectivity index (χ3n) is 1.12. The van der Waals surface area contributed by atoms with Gasteiger partial charge in [0.2, 0.25) is 0 Å². The topological polar surface area (TPSA) is 43.1 Å². The maximum absolute atomic E-state index is 10.6. The van der Waals surface area contributed by atoms with Gasteiger partial charge in [-0.1, -0.05) is 0 Å². The molecule has 0 spiro atoms. The van der Waals surface area contributed by atoms with E-state index in [0.717, 1.165) is 17.1 Å². The Kier molecular flexibility index (Phi) is 1.57. The van der Waals surface area contributed by atoms with E-state index in [1.165, 1.54) is 0 Å². The van der Waals surface area contributed by atoms with Crippen LogP contribution in [0.15, 0.2) is 0 Å². The zero-order valence-corrected chi connectivity index (χ0v) is 5.81. The molecule has 0 saturated carbocycles. The quantitative estimate of drug-likeness (QED) is 0.520. The fourth-order valence-corrected chi connectivity index (χ4v) is 3.58. The summed E-state index contributed by atoms with van der Waals surface area (Å²) in [6, 6.07) is 0.266. The summed E-state index contributed by atoms with van der Waals surface area (Å²) in [7, 11) is 0. The molecule has 0 aromatic heterocycles. The van der Waals surface area contributed by atoms with E-state index in [4.69, 9.17) is 5.73 Å². The summed E-state index contributed by atoms with van der Waals surface area (Å²) in [6.45, 7) is 0. The van der Waals surface area contributed by atoms with Crippen LogP contribution in [0.2, 0.25) is 10.6 Å². The van der Waals surface area contributed by atoms with Gasteiger partial charge in [0, 0.05) is 0 Å². The van der Waals surface area contributed by atoms with Gasteiger partial charge in [-0.2, -0.15) is 0 Å². The van der Waals surface area contributed by atoms with Crippen molar-refractivity contribution in [3.8, 4) is 0 Å². The second-order valence-electron chi connectivity index (χ2n) is 1.86. The van der Waals surface area contributed by atoms with Crippen molar-refractivity contribution in [2.45, 2.75) is 23.1 Å². The van der Waals surface area contributed by atoms with E-state index < -0.39 is 13.8 Å². The minimum atomic E-state index is -1.37. The van der Waals surface area contributed by atoms with E-state index in [1.807, 2.05) is 0 Å². The summed E-state index contributed by atoms with van der Waals surface area (Å²) in [6.07, 6.45) is 0.994. The molecule has 3 heteroatoms. The molecule has 7 heavy (non-hydrogen) atoms. The first kappa shape index (κ1) is 5.42. The van der Waals surface area contributed by atoms with Crippen LogP contribution in [0.4, 0.5) is 0 Å². The van der Waals surface area contributed by atoms with Crippen LogP contribution >= 0.6 is 0 Å². The molecular weight excluding hydrogens is 157 g/mol. The SMILES string of the molecule is N[C@H]1CC[Se](=O)C1. The van der Waals surface area contributed by atoms with Gasteiger partial charge < -0.3 is 0 Å². The van der Waals surface area contributed by atoms with Crippen LogP contribution in [0.3, 0.4) is 0 Å². The normalized spacial score (nSPS) is 41.9. The van der Waals surface area contributed by atoms with E-state index in [2.05, 4.69) is 0 Å². The fraction of sp³-hybridized carbons (Fsp3) is 1.00. The Hall–Kier alpha value is 0.279. The van der Waals surface area contributed by atoms with E-state index in [-0.39, 0.29) is 6.04 Å². The van der Waals surface area contributed by atoms with Gasteiger partial charge in [-0.05, 0) is 0 Å². The van der Waals surface area contributed by atoms with E-state index in [1.54, 1.807) is 0 Å². The van der Waals surface area contributed by atoms with Gasteiger partial charge >= 0.3 is 46.5 Å². The third kappa shape index (κ3) is 1.34. The molecule has 42 valence electrons. The monoisotopic (exact) mass is 167 g/mol. The van der Waals surface area contributed by atoms with Crippen LogP contribution in [0, 0.1) is 0 Å². The molecule has 1 heterocycles. The molecule has 0 radical (unpaired) electrons. The molecule has 2 N–H and O–H groups in total. The summed E-state index contributed by atoms with van der Waals surface area (Å²) < 4.78 is 10.6. The van der Waals surface area contributed by atoms with Gasteiger partial charge in [0.25, 0.3) is 0 Å². The van der Waals surface area contributed by atoms with Crippen molar-refractivity contribution in [3.63, 3.8) is 0 Å². The number of nitrogens with two attached hydrogens (primary N) is 1. The molecular formula is C4H9NOSe. The minimum absolute atomic E-state index is 0.266. The Morgan fingerprint density at radius 1 is 1.71 bits per heavy atom. The van der Waals surface area contributed by atoms with Gasteiger partial charge in [-0.25, -0.2) is 0 Å². The van der Waals surface area contributed by atoms with Gasteiger partial charge in [0.15, 0.2) is 0 Å². The van der Waals surface area contributed by atoms with Crippen LogP contribution in [-0.4, -0.2) is 19.9 Å². The van der Waals surface area contributed by atoms with Crippen LogP contribution in [0.5, 0.6) is 0 Å². The van der Waals surface area contributed by atoms with Crippen LogP contribution in [0.25, 0.3) is 0 Å². The van der Waals surface area contributed by atoms with Crippen molar-refractivity contribution in [1.29, 1.82) is 0 Å². The molecule has 1 aliphatic rings. The van der Waals surface area contributed by atoms with Crippen LogP contribution in [-0.2, 0) is 3.83 Å².